The van der Waals surface area contributed by atoms with Crippen molar-refractivity contribution in [1.82, 2.24) is 5.32 Å². The van der Waals surface area contributed by atoms with Crippen molar-refractivity contribution in [2.75, 3.05) is 40.6 Å². The van der Waals surface area contributed by atoms with E-state index in [9.17, 15) is 9.59 Å². The molecule has 0 saturated heterocycles. The fourth-order valence-corrected chi connectivity index (χ4v) is 1.78. The highest BCUT2D eigenvalue weighted by Gasteiger charge is 2.09. The number of hydrogen-bond acceptors (Lipinski definition) is 5. The third-order valence-corrected chi connectivity index (χ3v) is 2.92. The summed E-state index contributed by atoms with van der Waals surface area (Å²) in [6.45, 7) is 1.21. The zero-order valence-corrected chi connectivity index (χ0v) is 12.8. The van der Waals surface area contributed by atoms with Gasteiger partial charge in [0.1, 0.15) is 12.4 Å². The molecule has 7 nitrogen and oxygen atoms in total. The Morgan fingerprint density at radius 2 is 2.00 bits per heavy atom. The predicted molar refractivity (Wildman–Crippen MR) is 79.4 cm³/mol. The van der Waals surface area contributed by atoms with E-state index < -0.39 is 5.97 Å². The van der Waals surface area contributed by atoms with Gasteiger partial charge in [0.2, 0.25) is 5.91 Å². The summed E-state index contributed by atoms with van der Waals surface area (Å²) in [6, 6.07) is 4.66. The van der Waals surface area contributed by atoms with E-state index in [1.165, 1.54) is 19.2 Å². The smallest absolute Gasteiger partial charge is 0.335 e. The summed E-state index contributed by atoms with van der Waals surface area (Å²) >= 11 is 0. The van der Waals surface area contributed by atoms with Crippen molar-refractivity contribution in [3.63, 3.8) is 0 Å². The van der Waals surface area contributed by atoms with Gasteiger partial charge in [-0.15, -0.1) is 0 Å². The molecule has 0 unspecified atom stereocenters. The van der Waals surface area contributed by atoms with Crippen LogP contribution in [0.3, 0.4) is 0 Å². The molecule has 22 heavy (non-hydrogen) atoms. The van der Waals surface area contributed by atoms with Crippen molar-refractivity contribution >= 4 is 11.9 Å². The molecule has 0 bridgehead atoms. The number of carbonyl (C=O) groups excluding carboxylic acids is 1. The average molecular weight is 311 g/mol. The topological polar surface area (TPSA) is 94.1 Å². The van der Waals surface area contributed by atoms with E-state index >= 15 is 0 Å². The van der Waals surface area contributed by atoms with E-state index in [1.807, 2.05) is 0 Å². The number of benzene rings is 1. The third-order valence-electron chi connectivity index (χ3n) is 2.92. The van der Waals surface area contributed by atoms with Crippen LogP contribution in [-0.2, 0) is 20.7 Å². The average Bonchev–Trinajstić information content (AvgIpc) is 2.51. The van der Waals surface area contributed by atoms with Crippen LogP contribution in [0.5, 0.6) is 5.75 Å². The van der Waals surface area contributed by atoms with Crippen LogP contribution in [0.15, 0.2) is 18.2 Å². The Kier molecular flexibility index (Phi) is 7.95. The van der Waals surface area contributed by atoms with Crippen molar-refractivity contribution in [1.29, 1.82) is 0 Å². The van der Waals surface area contributed by atoms with Crippen molar-refractivity contribution in [3.05, 3.63) is 29.3 Å². The maximum Gasteiger partial charge on any atom is 0.335 e. The molecular formula is C15H21NO6. The Morgan fingerprint density at radius 1 is 1.23 bits per heavy atom. The Labute approximate surface area is 129 Å². The second-order valence-corrected chi connectivity index (χ2v) is 4.48. The molecule has 0 heterocycles. The van der Waals surface area contributed by atoms with E-state index in [-0.39, 0.29) is 18.1 Å². The van der Waals surface area contributed by atoms with Crippen LogP contribution >= 0.6 is 0 Å². The molecule has 1 amide bonds. The van der Waals surface area contributed by atoms with Gasteiger partial charge in [-0.2, -0.15) is 0 Å². The molecule has 122 valence electrons. The normalized spacial score (nSPS) is 10.3. The van der Waals surface area contributed by atoms with Crippen LogP contribution in [0.25, 0.3) is 0 Å². The second kappa shape index (κ2) is 9.75. The third kappa shape index (κ3) is 6.11. The quantitative estimate of drug-likeness (QED) is 0.618. The minimum absolute atomic E-state index is 0.0154. The molecule has 0 aliphatic heterocycles. The second-order valence-electron chi connectivity index (χ2n) is 4.48. The van der Waals surface area contributed by atoms with Gasteiger partial charge in [0.25, 0.3) is 0 Å². The van der Waals surface area contributed by atoms with Crippen LogP contribution in [0.4, 0.5) is 0 Å². The lowest BCUT2D eigenvalue weighted by Gasteiger charge is -2.10. The monoisotopic (exact) mass is 311 g/mol. The van der Waals surface area contributed by atoms with Crippen LogP contribution in [-0.4, -0.2) is 57.6 Å². The zero-order chi connectivity index (χ0) is 16.4. The van der Waals surface area contributed by atoms with E-state index in [1.54, 1.807) is 13.2 Å². The lowest BCUT2D eigenvalue weighted by Crippen LogP contribution is -2.30. The first kappa shape index (κ1) is 17.9. The number of ether oxygens (including phenoxy) is 3. The Morgan fingerprint density at radius 3 is 2.64 bits per heavy atom. The molecule has 0 atom stereocenters. The highest BCUT2D eigenvalue weighted by molar-refractivity contribution is 5.88. The van der Waals surface area contributed by atoms with Gasteiger partial charge < -0.3 is 24.6 Å². The summed E-state index contributed by atoms with van der Waals surface area (Å²) in [4.78, 5) is 22.4. The molecule has 1 rings (SSSR count). The Bertz CT molecular complexity index is 503. The van der Waals surface area contributed by atoms with Gasteiger partial charge in [-0.05, 0) is 24.1 Å². The number of aromatic carboxylic acids is 1. The number of rotatable bonds is 10. The highest BCUT2D eigenvalue weighted by Crippen LogP contribution is 2.20. The molecule has 0 fully saturated rings. The van der Waals surface area contributed by atoms with Crippen LogP contribution in [0, 0.1) is 0 Å². The molecule has 0 saturated carbocycles. The largest absolute Gasteiger partial charge is 0.496 e. The molecule has 2 N–H and O–H groups in total. The summed E-state index contributed by atoms with van der Waals surface area (Å²) in [7, 11) is 3.04. The molecule has 1 aromatic rings. The van der Waals surface area contributed by atoms with Crippen LogP contribution in [0.2, 0.25) is 0 Å². The first-order valence-corrected chi connectivity index (χ1v) is 6.82. The number of methoxy groups -OCH3 is 2. The Balaban J connectivity index is 2.41. The number of hydrogen-bond donors (Lipinski definition) is 2. The first-order chi connectivity index (χ1) is 10.6. The first-order valence-electron chi connectivity index (χ1n) is 6.82. The maximum atomic E-state index is 11.5. The summed E-state index contributed by atoms with van der Waals surface area (Å²) < 4.78 is 15.1. The van der Waals surface area contributed by atoms with Crippen molar-refractivity contribution < 1.29 is 28.9 Å². The van der Waals surface area contributed by atoms with E-state index in [2.05, 4.69) is 5.32 Å². The summed E-state index contributed by atoms with van der Waals surface area (Å²) in [5, 5.41) is 11.6. The molecule has 7 heteroatoms. The molecular weight excluding hydrogens is 290 g/mol. The van der Waals surface area contributed by atoms with Crippen molar-refractivity contribution in [2.45, 2.75) is 6.42 Å². The van der Waals surface area contributed by atoms with Gasteiger partial charge in [-0.3, -0.25) is 4.79 Å². The molecule has 0 aliphatic carbocycles. The van der Waals surface area contributed by atoms with E-state index in [0.717, 1.165) is 5.56 Å². The minimum Gasteiger partial charge on any atom is -0.496 e. The SMILES string of the molecule is COCCOCC(=O)NCCc1ccc(C(=O)O)cc1OC. The standard InChI is InChI=1S/C15H21NO6/c1-20-7-8-22-10-14(17)16-6-5-11-3-4-12(15(18)19)9-13(11)21-2/h3-4,9H,5-8,10H2,1-2H3,(H,16,17)(H,18,19). The van der Waals surface area contributed by atoms with Crippen molar-refractivity contribution in [2.24, 2.45) is 0 Å². The van der Waals surface area contributed by atoms with Gasteiger partial charge in [0, 0.05) is 13.7 Å². The zero-order valence-electron chi connectivity index (χ0n) is 12.8. The van der Waals surface area contributed by atoms with E-state index in [4.69, 9.17) is 19.3 Å². The molecule has 0 spiro atoms. The highest BCUT2D eigenvalue weighted by atomic mass is 16.5. The summed E-state index contributed by atoms with van der Waals surface area (Å²) in [5.41, 5.74) is 0.990. The lowest BCUT2D eigenvalue weighted by molar-refractivity contribution is -0.126. The number of carboxylic acid groups (broad SMARTS) is 1. The molecule has 0 aromatic heterocycles. The van der Waals surface area contributed by atoms with Gasteiger partial charge in [-0.1, -0.05) is 6.07 Å². The van der Waals surface area contributed by atoms with Gasteiger partial charge in [0.05, 0.1) is 25.9 Å². The van der Waals surface area contributed by atoms with Crippen LogP contribution < -0.4 is 10.1 Å². The number of nitrogens with one attached hydrogen (secondary N) is 1. The molecule has 1 aromatic carbocycles. The number of carbonyl (C=O) groups is 2. The molecule has 0 aliphatic rings. The van der Waals surface area contributed by atoms with Crippen molar-refractivity contribution in [3.8, 4) is 5.75 Å². The van der Waals surface area contributed by atoms with Gasteiger partial charge >= 0.3 is 5.97 Å². The lowest BCUT2D eigenvalue weighted by atomic mass is 10.1. The van der Waals surface area contributed by atoms with Gasteiger partial charge in [-0.25, -0.2) is 4.79 Å². The Hall–Kier alpha value is -2.12. The summed E-state index contributed by atoms with van der Waals surface area (Å²) in [5.74, 6) is -0.728. The fourth-order valence-electron chi connectivity index (χ4n) is 1.78. The van der Waals surface area contributed by atoms with E-state index in [0.29, 0.717) is 31.9 Å². The fraction of sp³-hybridized carbons (Fsp3) is 0.467. The summed E-state index contributed by atoms with van der Waals surface area (Å²) in [6.07, 6.45) is 0.535. The number of amides is 1. The van der Waals surface area contributed by atoms with Gasteiger partial charge in [0.15, 0.2) is 0 Å². The predicted octanol–water partition coefficient (Wildman–Crippen LogP) is 0.715. The molecule has 0 radical (unpaired) electrons. The van der Waals surface area contributed by atoms with Crippen LogP contribution in [0.1, 0.15) is 15.9 Å². The minimum atomic E-state index is -1.01. The maximum absolute atomic E-state index is 11.5. The number of carboxylic acids is 1.